The van der Waals surface area contributed by atoms with Crippen molar-refractivity contribution in [2.24, 2.45) is 5.92 Å². The van der Waals surface area contributed by atoms with Gasteiger partial charge in [0.05, 0.1) is 16.0 Å². The van der Waals surface area contributed by atoms with Crippen molar-refractivity contribution < 1.29 is 14.8 Å². The molecular formula is C10H12BrNO4. The summed E-state index contributed by atoms with van der Waals surface area (Å²) >= 11 is 3.20. The first-order chi connectivity index (χ1) is 7.56. The van der Waals surface area contributed by atoms with Crippen LogP contribution in [0.5, 0.6) is 5.75 Å². The van der Waals surface area contributed by atoms with Crippen LogP contribution >= 0.6 is 15.9 Å². The van der Waals surface area contributed by atoms with Crippen LogP contribution in [-0.4, -0.2) is 23.2 Å². The maximum absolute atomic E-state index is 10.7. The van der Waals surface area contributed by atoms with E-state index in [-0.39, 0.29) is 30.6 Å². The second-order valence-electron chi connectivity index (χ2n) is 3.44. The van der Waals surface area contributed by atoms with Crippen LogP contribution in [0.25, 0.3) is 0 Å². The number of aliphatic hydroxyl groups is 1. The van der Waals surface area contributed by atoms with Gasteiger partial charge in [0.1, 0.15) is 0 Å². The maximum atomic E-state index is 10.7. The van der Waals surface area contributed by atoms with Crippen molar-refractivity contribution in [2.75, 3.05) is 13.2 Å². The van der Waals surface area contributed by atoms with Crippen molar-refractivity contribution in [3.63, 3.8) is 0 Å². The van der Waals surface area contributed by atoms with Gasteiger partial charge in [-0.25, -0.2) is 0 Å². The molecule has 1 aromatic carbocycles. The number of benzene rings is 1. The summed E-state index contributed by atoms with van der Waals surface area (Å²) in [6.45, 7) is 2.01. The summed E-state index contributed by atoms with van der Waals surface area (Å²) in [5.41, 5.74) is -0.0838. The third-order valence-corrected chi connectivity index (χ3v) is 2.59. The summed E-state index contributed by atoms with van der Waals surface area (Å²) in [5.74, 6) is 0.138. The number of hydrogen-bond acceptors (Lipinski definition) is 4. The molecule has 0 bridgehead atoms. The maximum Gasteiger partial charge on any atom is 0.312 e. The molecule has 0 aromatic heterocycles. The summed E-state index contributed by atoms with van der Waals surface area (Å²) < 4.78 is 5.87. The predicted molar refractivity (Wildman–Crippen MR) is 62.5 cm³/mol. The Morgan fingerprint density at radius 1 is 1.62 bits per heavy atom. The monoisotopic (exact) mass is 289 g/mol. The van der Waals surface area contributed by atoms with Gasteiger partial charge in [-0.2, -0.15) is 0 Å². The van der Waals surface area contributed by atoms with E-state index < -0.39 is 4.92 Å². The molecule has 1 N–H and O–H groups in total. The van der Waals surface area contributed by atoms with Gasteiger partial charge in [0.2, 0.25) is 5.75 Å². The highest BCUT2D eigenvalue weighted by molar-refractivity contribution is 9.10. The van der Waals surface area contributed by atoms with Crippen LogP contribution in [0, 0.1) is 16.0 Å². The lowest BCUT2D eigenvalue weighted by Crippen LogP contribution is -2.13. The summed E-state index contributed by atoms with van der Waals surface area (Å²) in [5, 5.41) is 19.6. The highest BCUT2D eigenvalue weighted by Gasteiger charge is 2.18. The molecule has 1 aromatic rings. The fraction of sp³-hybridized carbons (Fsp3) is 0.400. The summed E-state index contributed by atoms with van der Waals surface area (Å²) in [6, 6.07) is 4.63. The normalized spacial score (nSPS) is 12.2. The van der Waals surface area contributed by atoms with Gasteiger partial charge in [0.15, 0.2) is 0 Å². The first-order valence-corrected chi connectivity index (χ1v) is 5.52. The fourth-order valence-electron chi connectivity index (χ4n) is 1.06. The van der Waals surface area contributed by atoms with Crippen LogP contribution in [0.3, 0.4) is 0 Å². The number of aliphatic hydroxyl groups excluding tert-OH is 1. The van der Waals surface area contributed by atoms with Crippen LogP contribution in [0.2, 0.25) is 0 Å². The zero-order valence-corrected chi connectivity index (χ0v) is 10.3. The molecule has 6 heteroatoms. The van der Waals surface area contributed by atoms with Crippen molar-refractivity contribution in [1.82, 2.24) is 0 Å². The van der Waals surface area contributed by atoms with Gasteiger partial charge >= 0.3 is 5.69 Å². The molecule has 0 fully saturated rings. The molecule has 1 atom stereocenters. The molecule has 1 rings (SSSR count). The predicted octanol–water partition coefficient (Wildman–Crippen LogP) is 2.36. The van der Waals surface area contributed by atoms with Gasteiger partial charge in [0.25, 0.3) is 0 Å². The van der Waals surface area contributed by atoms with Gasteiger partial charge in [-0.3, -0.25) is 10.1 Å². The first kappa shape index (κ1) is 12.9. The standard InChI is InChI=1S/C10H12BrNO4/c1-7(5-13)6-16-10-8(11)3-2-4-9(10)12(14)15/h2-4,7,13H,5-6H2,1H3. The van der Waals surface area contributed by atoms with E-state index in [2.05, 4.69) is 15.9 Å². The second-order valence-corrected chi connectivity index (χ2v) is 4.30. The Morgan fingerprint density at radius 3 is 2.88 bits per heavy atom. The van der Waals surface area contributed by atoms with E-state index in [1.165, 1.54) is 6.07 Å². The highest BCUT2D eigenvalue weighted by Crippen LogP contribution is 2.34. The van der Waals surface area contributed by atoms with Crippen molar-refractivity contribution in [1.29, 1.82) is 0 Å². The minimum Gasteiger partial charge on any atom is -0.486 e. The summed E-state index contributed by atoms with van der Waals surface area (Å²) in [6.07, 6.45) is 0. The second kappa shape index (κ2) is 5.81. The molecule has 88 valence electrons. The molecule has 16 heavy (non-hydrogen) atoms. The minimum absolute atomic E-state index is 0.0156. The van der Waals surface area contributed by atoms with E-state index in [0.717, 1.165) is 0 Å². The van der Waals surface area contributed by atoms with Crippen LogP contribution in [-0.2, 0) is 0 Å². The van der Waals surface area contributed by atoms with E-state index in [4.69, 9.17) is 9.84 Å². The molecule has 0 amide bonds. The van der Waals surface area contributed by atoms with Gasteiger partial charge < -0.3 is 9.84 Å². The van der Waals surface area contributed by atoms with Crippen molar-refractivity contribution >= 4 is 21.6 Å². The summed E-state index contributed by atoms with van der Waals surface area (Å²) in [7, 11) is 0. The Balaban J connectivity index is 2.88. The number of nitrogens with zero attached hydrogens (tertiary/aromatic N) is 1. The van der Waals surface area contributed by atoms with Gasteiger partial charge in [-0.05, 0) is 22.0 Å². The minimum atomic E-state index is -0.496. The highest BCUT2D eigenvalue weighted by atomic mass is 79.9. The Bertz CT molecular complexity index is 383. The third kappa shape index (κ3) is 3.18. The molecule has 1 unspecified atom stereocenters. The average Bonchev–Trinajstić information content (AvgIpc) is 2.26. The van der Waals surface area contributed by atoms with E-state index in [0.29, 0.717) is 4.47 Å². The van der Waals surface area contributed by atoms with E-state index in [1.54, 1.807) is 19.1 Å². The Hall–Kier alpha value is -1.14. The SMILES string of the molecule is CC(CO)COc1c(Br)cccc1[N+](=O)[O-]. The van der Waals surface area contributed by atoms with E-state index in [1.807, 2.05) is 0 Å². The lowest BCUT2D eigenvalue weighted by molar-refractivity contribution is -0.386. The number of hydrogen-bond donors (Lipinski definition) is 1. The van der Waals surface area contributed by atoms with Crippen LogP contribution < -0.4 is 4.74 Å². The molecule has 0 spiro atoms. The van der Waals surface area contributed by atoms with Crippen LogP contribution in [0.1, 0.15) is 6.92 Å². The molecule has 0 heterocycles. The van der Waals surface area contributed by atoms with E-state index >= 15 is 0 Å². The summed E-state index contributed by atoms with van der Waals surface area (Å²) in [4.78, 5) is 10.2. The van der Waals surface area contributed by atoms with Crippen molar-refractivity contribution in [3.05, 3.63) is 32.8 Å². The number of ether oxygens (including phenoxy) is 1. The molecule has 0 radical (unpaired) electrons. The quantitative estimate of drug-likeness (QED) is 0.667. The molecule has 0 aliphatic carbocycles. The Labute approximate surface area is 101 Å². The topological polar surface area (TPSA) is 72.6 Å². The molecule has 0 saturated heterocycles. The Kier molecular flexibility index (Phi) is 4.70. The largest absolute Gasteiger partial charge is 0.486 e. The smallest absolute Gasteiger partial charge is 0.312 e. The number of para-hydroxylation sites is 1. The van der Waals surface area contributed by atoms with Gasteiger partial charge in [0, 0.05) is 18.6 Å². The van der Waals surface area contributed by atoms with Crippen LogP contribution in [0.4, 0.5) is 5.69 Å². The van der Waals surface area contributed by atoms with E-state index in [9.17, 15) is 10.1 Å². The van der Waals surface area contributed by atoms with Gasteiger partial charge in [-0.1, -0.05) is 13.0 Å². The fourth-order valence-corrected chi connectivity index (χ4v) is 1.53. The number of halogens is 1. The van der Waals surface area contributed by atoms with Crippen molar-refractivity contribution in [2.45, 2.75) is 6.92 Å². The number of nitro benzene ring substituents is 1. The molecule has 0 aliphatic rings. The molecule has 0 saturated carbocycles. The first-order valence-electron chi connectivity index (χ1n) is 4.72. The third-order valence-electron chi connectivity index (χ3n) is 1.97. The average molecular weight is 290 g/mol. The lowest BCUT2D eigenvalue weighted by atomic mass is 10.2. The zero-order valence-electron chi connectivity index (χ0n) is 8.72. The van der Waals surface area contributed by atoms with Crippen molar-refractivity contribution in [3.8, 4) is 5.75 Å². The van der Waals surface area contributed by atoms with Crippen LogP contribution in [0.15, 0.2) is 22.7 Å². The molecule has 0 aliphatic heterocycles. The molecule has 5 nitrogen and oxygen atoms in total. The molecular weight excluding hydrogens is 278 g/mol. The number of nitro groups is 1. The van der Waals surface area contributed by atoms with Gasteiger partial charge in [-0.15, -0.1) is 0 Å². The lowest BCUT2D eigenvalue weighted by Gasteiger charge is -2.11. The Morgan fingerprint density at radius 2 is 2.31 bits per heavy atom. The number of rotatable bonds is 5. The zero-order chi connectivity index (χ0) is 12.1.